The maximum absolute atomic E-state index is 6.33. The van der Waals surface area contributed by atoms with E-state index in [-0.39, 0.29) is 0 Å². The molecule has 0 aromatic heterocycles. The molecule has 2 heteroatoms. The van der Waals surface area contributed by atoms with Crippen LogP contribution in [-0.2, 0) is 0 Å². The zero-order valence-electron chi connectivity index (χ0n) is 17.0. The van der Waals surface area contributed by atoms with Crippen LogP contribution < -0.4 is 9.47 Å². The van der Waals surface area contributed by atoms with Gasteiger partial charge in [0.15, 0.2) is 0 Å². The summed E-state index contributed by atoms with van der Waals surface area (Å²) in [6.07, 6.45) is 6.99. The third kappa shape index (κ3) is 4.55. The fourth-order valence-electron chi connectivity index (χ4n) is 3.58. The minimum Gasteiger partial charge on any atom is -0.492 e. The van der Waals surface area contributed by atoms with Gasteiger partial charge in [0.2, 0.25) is 0 Å². The Morgan fingerprint density at radius 3 is 1.70 bits per heavy atom. The van der Waals surface area contributed by atoms with Crippen molar-refractivity contribution in [3.63, 3.8) is 0 Å². The summed E-state index contributed by atoms with van der Waals surface area (Å²) in [6.45, 7) is 8.10. The van der Waals surface area contributed by atoms with E-state index in [1.54, 1.807) is 0 Å². The van der Waals surface area contributed by atoms with E-state index in [2.05, 4.69) is 63.2 Å². The molecule has 3 aromatic rings. The second kappa shape index (κ2) is 9.64. The smallest absolute Gasteiger partial charge is 0.135 e. The first kappa shape index (κ1) is 19.5. The van der Waals surface area contributed by atoms with Crippen molar-refractivity contribution in [2.75, 3.05) is 13.2 Å². The highest BCUT2D eigenvalue weighted by atomic mass is 16.5. The first-order chi connectivity index (χ1) is 13.3. The van der Waals surface area contributed by atoms with E-state index in [9.17, 15) is 0 Å². The van der Waals surface area contributed by atoms with Gasteiger partial charge in [-0.05, 0) is 25.8 Å². The van der Waals surface area contributed by atoms with Gasteiger partial charge in [-0.1, -0.05) is 81.5 Å². The van der Waals surface area contributed by atoms with Crippen molar-refractivity contribution in [2.24, 2.45) is 0 Å². The summed E-state index contributed by atoms with van der Waals surface area (Å²) < 4.78 is 12.6. The predicted octanol–water partition coefficient (Wildman–Crippen LogP) is 7.44. The number of aryl methyl sites for hydroxylation is 1. The van der Waals surface area contributed by atoms with Crippen molar-refractivity contribution in [3.8, 4) is 11.5 Å². The van der Waals surface area contributed by atoms with Crippen molar-refractivity contribution in [1.82, 2.24) is 0 Å². The molecule has 0 N–H and O–H groups in total. The van der Waals surface area contributed by atoms with Gasteiger partial charge in [0.05, 0.1) is 13.2 Å². The van der Waals surface area contributed by atoms with Gasteiger partial charge in [-0.15, -0.1) is 0 Å². The molecule has 3 rings (SSSR count). The minimum absolute atomic E-state index is 0.761. The largest absolute Gasteiger partial charge is 0.492 e. The second-order valence-electron chi connectivity index (χ2n) is 7.36. The van der Waals surface area contributed by atoms with Crippen molar-refractivity contribution in [2.45, 2.75) is 59.3 Å². The third-order valence-corrected chi connectivity index (χ3v) is 5.07. The highest BCUT2D eigenvalue weighted by molar-refractivity contribution is 6.11. The highest BCUT2D eigenvalue weighted by Gasteiger charge is 2.16. The van der Waals surface area contributed by atoms with Gasteiger partial charge >= 0.3 is 0 Å². The quantitative estimate of drug-likeness (QED) is 0.275. The Morgan fingerprint density at radius 2 is 1.15 bits per heavy atom. The first-order valence-electron chi connectivity index (χ1n) is 10.5. The molecule has 27 heavy (non-hydrogen) atoms. The Labute approximate surface area is 163 Å². The summed E-state index contributed by atoms with van der Waals surface area (Å²) in [5, 5.41) is 4.62. The van der Waals surface area contributed by atoms with E-state index in [4.69, 9.17) is 9.47 Å². The summed E-state index contributed by atoms with van der Waals surface area (Å²) in [5.41, 5.74) is 1.24. The Kier molecular flexibility index (Phi) is 6.98. The molecule has 3 aromatic carbocycles. The highest BCUT2D eigenvalue weighted by Crippen LogP contribution is 2.43. The lowest BCUT2D eigenvalue weighted by atomic mass is 9.99. The lowest BCUT2D eigenvalue weighted by Crippen LogP contribution is -2.02. The maximum Gasteiger partial charge on any atom is 0.135 e. The molecular formula is C25H32O2. The number of hydrogen-bond donors (Lipinski definition) is 0. The molecule has 144 valence electrons. The molecule has 0 spiro atoms. The number of ether oxygens (including phenoxy) is 2. The SMILES string of the molecule is CCCCCOc1c2ccccc2c(OCCCCC)c2cc(C)ccc12. The summed E-state index contributed by atoms with van der Waals surface area (Å²) in [4.78, 5) is 0. The van der Waals surface area contributed by atoms with Gasteiger partial charge in [0, 0.05) is 21.5 Å². The first-order valence-corrected chi connectivity index (χ1v) is 10.5. The monoisotopic (exact) mass is 364 g/mol. The van der Waals surface area contributed by atoms with Crippen LogP contribution in [-0.4, -0.2) is 13.2 Å². The van der Waals surface area contributed by atoms with Crippen LogP contribution in [0.25, 0.3) is 21.5 Å². The topological polar surface area (TPSA) is 18.5 Å². The van der Waals surface area contributed by atoms with E-state index in [1.165, 1.54) is 31.2 Å². The number of fused-ring (bicyclic) bond motifs is 2. The molecule has 0 unspecified atom stereocenters. The molecule has 0 saturated heterocycles. The fraction of sp³-hybridized carbons (Fsp3) is 0.440. The molecule has 0 heterocycles. The van der Waals surface area contributed by atoms with Crippen LogP contribution in [0.2, 0.25) is 0 Å². The second-order valence-corrected chi connectivity index (χ2v) is 7.36. The van der Waals surface area contributed by atoms with Gasteiger partial charge in [0.25, 0.3) is 0 Å². The van der Waals surface area contributed by atoms with Crippen LogP contribution in [0.5, 0.6) is 11.5 Å². The van der Waals surface area contributed by atoms with E-state index < -0.39 is 0 Å². The number of unbranched alkanes of at least 4 members (excludes halogenated alkanes) is 4. The molecule has 0 radical (unpaired) electrons. The average Bonchev–Trinajstić information content (AvgIpc) is 2.69. The molecule has 0 atom stereocenters. The maximum atomic E-state index is 6.33. The molecule has 0 fully saturated rings. The molecule has 0 aliphatic carbocycles. The van der Waals surface area contributed by atoms with Gasteiger partial charge < -0.3 is 9.47 Å². The predicted molar refractivity (Wildman–Crippen MR) is 116 cm³/mol. The molecule has 0 saturated carbocycles. The van der Waals surface area contributed by atoms with E-state index in [0.29, 0.717) is 0 Å². The number of rotatable bonds is 10. The van der Waals surface area contributed by atoms with Crippen molar-refractivity contribution in [3.05, 3.63) is 48.0 Å². The van der Waals surface area contributed by atoms with Crippen LogP contribution in [0.1, 0.15) is 57.9 Å². The Bertz CT molecular complexity index is 882. The van der Waals surface area contributed by atoms with E-state index in [0.717, 1.165) is 59.1 Å². The van der Waals surface area contributed by atoms with Crippen LogP contribution in [0, 0.1) is 6.92 Å². The standard InChI is InChI=1S/C25H32O2/c1-4-6-10-16-26-24-20-12-8-9-13-21(20)25(27-17-11-7-5-2)23-18-19(3)14-15-22(23)24/h8-9,12-15,18H,4-7,10-11,16-17H2,1-3H3. The Balaban J connectivity index is 2.08. The normalized spacial score (nSPS) is 11.2. The van der Waals surface area contributed by atoms with E-state index in [1.807, 2.05) is 0 Å². The molecule has 0 aliphatic rings. The molecule has 0 bridgehead atoms. The van der Waals surface area contributed by atoms with Gasteiger partial charge in [-0.2, -0.15) is 0 Å². The zero-order chi connectivity index (χ0) is 19.1. The average molecular weight is 365 g/mol. The summed E-state index contributed by atoms with van der Waals surface area (Å²) in [5.74, 6) is 2.00. The van der Waals surface area contributed by atoms with Crippen LogP contribution >= 0.6 is 0 Å². The van der Waals surface area contributed by atoms with Crippen molar-refractivity contribution >= 4 is 21.5 Å². The fourth-order valence-corrected chi connectivity index (χ4v) is 3.58. The third-order valence-electron chi connectivity index (χ3n) is 5.07. The molecule has 2 nitrogen and oxygen atoms in total. The van der Waals surface area contributed by atoms with Crippen LogP contribution in [0.4, 0.5) is 0 Å². The summed E-state index contributed by atoms with van der Waals surface area (Å²) >= 11 is 0. The summed E-state index contributed by atoms with van der Waals surface area (Å²) in [6, 6.07) is 15.1. The zero-order valence-corrected chi connectivity index (χ0v) is 17.0. The lowest BCUT2D eigenvalue weighted by molar-refractivity contribution is 0.308. The van der Waals surface area contributed by atoms with Gasteiger partial charge in [-0.3, -0.25) is 0 Å². The van der Waals surface area contributed by atoms with Crippen molar-refractivity contribution in [1.29, 1.82) is 0 Å². The lowest BCUT2D eigenvalue weighted by Gasteiger charge is -2.18. The van der Waals surface area contributed by atoms with Gasteiger partial charge in [0.1, 0.15) is 11.5 Å². The summed E-state index contributed by atoms with van der Waals surface area (Å²) in [7, 11) is 0. The van der Waals surface area contributed by atoms with Crippen LogP contribution in [0.15, 0.2) is 42.5 Å². The Hall–Kier alpha value is -2.22. The minimum atomic E-state index is 0.761. The van der Waals surface area contributed by atoms with Crippen LogP contribution in [0.3, 0.4) is 0 Å². The van der Waals surface area contributed by atoms with Crippen molar-refractivity contribution < 1.29 is 9.47 Å². The Morgan fingerprint density at radius 1 is 0.630 bits per heavy atom. The molecular weight excluding hydrogens is 332 g/mol. The van der Waals surface area contributed by atoms with Gasteiger partial charge in [-0.25, -0.2) is 0 Å². The van der Waals surface area contributed by atoms with E-state index >= 15 is 0 Å². The number of benzene rings is 3. The molecule has 0 aliphatic heterocycles. The number of hydrogen-bond acceptors (Lipinski definition) is 2. The molecule has 0 amide bonds.